The van der Waals surface area contributed by atoms with Gasteiger partial charge in [0.25, 0.3) is 0 Å². The molecule has 0 aromatic heterocycles. The van der Waals surface area contributed by atoms with E-state index < -0.39 is 0 Å². The predicted octanol–water partition coefficient (Wildman–Crippen LogP) is 4.50. The molecule has 2 nitrogen and oxygen atoms in total. The summed E-state index contributed by atoms with van der Waals surface area (Å²) in [6, 6.07) is 16.7. The average Bonchev–Trinajstić information content (AvgIpc) is 2.50. The van der Waals surface area contributed by atoms with Gasteiger partial charge in [0.05, 0.1) is 6.04 Å². The molecule has 1 unspecified atom stereocenters. The Morgan fingerprint density at radius 1 is 1.09 bits per heavy atom. The zero-order chi connectivity index (χ0) is 15.9. The van der Waals surface area contributed by atoms with Crippen molar-refractivity contribution >= 4 is 5.91 Å². The Morgan fingerprint density at radius 3 is 2.55 bits per heavy atom. The van der Waals surface area contributed by atoms with Crippen molar-refractivity contribution in [3.63, 3.8) is 0 Å². The third-order valence-corrected chi connectivity index (χ3v) is 3.99. The highest BCUT2D eigenvalue weighted by molar-refractivity contribution is 5.76. The SMILES string of the molecule is Cc1ccc(C)c(C(C)NC(=O)CCCc2ccccc2)c1. The van der Waals surface area contributed by atoms with Crippen molar-refractivity contribution in [3.8, 4) is 0 Å². The van der Waals surface area contributed by atoms with Gasteiger partial charge >= 0.3 is 0 Å². The topological polar surface area (TPSA) is 29.1 Å². The maximum absolute atomic E-state index is 12.1. The smallest absolute Gasteiger partial charge is 0.220 e. The molecule has 1 atom stereocenters. The molecule has 0 aliphatic rings. The first-order valence-electron chi connectivity index (χ1n) is 7.96. The normalized spacial score (nSPS) is 12.0. The first kappa shape index (κ1) is 16.3. The Labute approximate surface area is 133 Å². The van der Waals surface area contributed by atoms with Crippen molar-refractivity contribution in [1.29, 1.82) is 0 Å². The highest BCUT2D eigenvalue weighted by Gasteiger charge is 2.11. The van der Waals surface area contributed by atoms with Crippen LogP contribution in [0.25, 0.3) is 0 Å². The summed E-state index contributed by atoms with van der Waals surface area (Å²) in [4.78, 5) is 12.1. The lowest BCUT2D eigenvalue weighted by Crippen LogP contribution is -2.27. The van der Waals surface area contributed by atoms with E-state index >= 15 is 0 Å². The number of benzene rings is 2. The van der Waals surface area contributed by atoms with Crippen LogP contribution in [0.5, 0.6) is 0 Å². The Balaban J connectivity index is 1.82. The van der Waals surface area contributed by atoms with E-state index in [1.54, 1.807) is 0 Å². The van der Waals surface area contributed by atoms with E-state index in [0.29, 0.717) is 6.42 Å². The molecular formula is C20H25NO. The van der Waals surface area contributed by atoms with Gasteiger partial charge in [-0.25, -0.2) is 0 Å². The van der Waals surface area contributed by atoms with Gasteiger partial charge in [-0.2, -0.15) is 0 Å². The van der Waals surface area contributed by atoms with E-state index in [-0.39, 0.29) is 11.9 Å². The lowest BCUT2D eigenvalue weighted by Gasteiger charge is -2.17. The Kier molecular flexibility index (Phi) is 5.76. The quantitative estimate of drug-likeness (QED) is 0.835. The number of carbonyl (C=O) groups excluding carboxylic acids is 1. The van der Waals surface area contributed by atoms with E-state index in [1.165, 1.54) is 22.3 Å². The lowest BCUT2D eigenvalue weighted by atomic mass is 10.00. The summed E-state index contributed by atoms with van der Waals surface area (Å²) in [7, 11) is 0. The van der Waals surface area contributed by atoms with E-state index in [0.717, 1.165) is 12.8 Å². The van der Waals surface area contributed by atoms with Crippen LogP contribution in [0.4, 0.5) is 0 Å². The van der Waals surface area contributed by atoms with Gasteiger partial charge in [0, 0.05) is 6.42 Å². The monoisotopic (exact) mass is 295 g/mol. The highest BCUT2D eigenvalue weighted by atomic mass is 16.1. The van der Waals surface area contributed by atoms with Crippen LogP contribution in [0.3, 0.4) is 0 Å². The summed E-state index contributed by atoms with van der Waals surface area (Å²) in [5, 5.41) is 3.11. The molecule has 0 bridgehead atoms. The summed E-state index contributed by atoms with van der Waals surface area (Å²) >= 11 is 0. The molecule has 0 fully saturated rings. The largest absolute Gasteiger partial charge is 0.350 e. The Bertz CT molecular complexity index is 619. The predicted molar refractivity (Wildman–Crippen MR) is 91.9 cm³/mol. The minimum absolute atomic E-state index is 0.0594. The second kappa shape index (κ2) is 7.79. The molecule has 1 amide bonds. The van der Waals surface area contributed by atoms with Crippen LogP contribution in [0.15, 0.2) is 48.5 Å². The standard InChI is InChI=1S/C20H25NO/c1-15-12-13-16(2)19(14-15)17(3)21-20(22)11-7-10-18-8-5-4-6-9-18/h4-6,8-9,12-14,17H,7,10-11H2,1-3H3,(H,21,22). The number of amides is 1. The second-order valence-corrected chi connectivity index (χ2v) is 5.99. The van der Waals surface area contributed by atoms with Crippen LogP contribution in [0.2, 0.25) is 0 Å². The van der Waals surface area contributed by atoms with E-state index in [9.17, 15) is 4.79 Å². The summed E-state index contributed by atoms with van der Waals surface area (Å²) in [6.45, 7) is 6.22. The van der Waals surface area contributed by atoms with Gasteiger partial charge in [-0.3, -0.25) is 4.79 Å². The van der Waals surface area contributed by atoms with Gasteiger partial charge in [-0.05, 0) is 50.3 Å². The molecule has 0 saturated carbocycles. The molecule has 1 N–H and O–H groups in total. The minimum Gasteiger partial charge on any atom is -0.350 e. The number of hydrogen-bond donors (Lipinski definition) is 1. The highest BCUT2D eigenvalue weighted by Crippen LogP contribution is 2.19. The third kappa shape index (κ3) is 4.73. The molecule has 0 spiro atoms. The number of nitrogens with one attached hydrogen (secondary N) is 1. The maximum Gasteiger partial charge on any atom is 0.220 e. The fourth-order valence-corrected chi connectivity index (χ4v) is 2.72. The number of carbonyl (C=O) groups is 1. The van der Waals surface area contributed by atoms with Crippen molar-refractivity contribution in [2.24, 2.45) is 0 Å². The first-order valence-corrected chi connectivity index (χ1v) is 7.96. The molecule has 0 aliphatic carbocycles. The summed E-state index contributed by atoms with van der Waals surface area (Å²) in [5.74, 6) is 0.129. The fourth-order valence-electron chi connectivity index (χ4n) is 2.72. The minimum atomic E-state index is 0.0594. The molecule has 0 aliphatic heterocycles. The van der Waals surface area contributed by atoms with Gasteiger partial charge in [-0.15, -0.1) is 0 Å². The molecule has 2 heteroatoms. The molecule has 2 aromatic carbocycles. The molecule has 116 valence electrons. The summed E-state index contributed by atoms with van der Waals surface area (Å²) in [5.41, 5.74) is 4.95. The summed E-state index contributed by atoms with van der Waals surface area (Å²) < 4.78 is 0. The maximum atomic E-state index is 12.1. The van der Waals surface area contributed by atoms with Crippen LogP contribution >= 0.6 is 0 Å². The van der Waals surface area contributed by atoms with Crippen molar-refractivity contribution in [1.82, 2.24) is 5.32 Å². The number of hydrogen-bond acceptors (Lipinski definition) is 1. The zero-order valence-corrected chi connectivity index (χ0v) is 13.7. The van der Waals surface area contributed by atoms with Crippen LogP contribution < -0.4 is 5.32 Å². The Morgan fingerprint density at radius 2 is 1.82 bits per heavy atom. The van der Waals surface area contributed by atoms with Crippen molar-refractivity contribution in [3.05, 3.63) is 70.8 Å². The fraction of sp³-hybridized carbons (Fsp3) is 0.350. The molecule has 2 aromatic rings. The van der Waals surface area contributed by atoms with E-state index in [1.807, 2.05) is 18.2 Å². The van der Waals surface area contributed by atoms with Gasteiger partial charge in [-0.1, -0.05) is 54.1 Å². The second-order valence-electron chi connectivity index (χ2n) is 5.99. The molecule has 0 radical (unpaired) electrons. The van der Waals surface area contributed by atoms with Crippen LogP contribution in [-0.2, 0) is 11.2 Å². The average molecular weight is 295 g/mol. The molecule has 0 heterocycles. The molecule has 22 heavy (non-hydrogen) atoms. The van der Waals surface area contributed by atoms with Gasteiger partial charge in [0.1, 0.15) is 0 Å². The molecule has 0 saturated heterocycles. The first-order chi connectivity index (χ1) is 10.6. The van der Waals surface area contributed by atoms with Gasteiger partial charge in [0.15, 0.2) is 0 Å². The van der Waals surface area contributed by atoms with E-state index in [2.05, 4.69) is 56.4 Å². The number of rotatable bonds is 6. The van der Waals surface area contributed by atoms with Gasteiger partial charge < -0.3 is 5.32 Å². The van der Waals surface area contributed by atoms with Crippen molar-refractivity contribution in [2.45, 2.75) is 46.1 Å². The van der Waals surface area contributed by atoms with Crippen LogP contribution in [-0.4, -0.2) is 5.91 Å². The van der Waals surface area contributed by atoms with Crippen molar-refractivity contribution < 1.29 is 4.79 Å². The van der Waals surface area contributed by atoms with Crippen LogP contribution in [0.1, 0.15) is 48.1 Å². The van der Waals surface area contributed by atoms with Crippen LogP contribution in [0, 0.1) is 13.8 Å². The van der Waals surface area contributed by atoms with E-state index in [4.69, 9.17) is 0 Å². The number of aryl methyl sites for hydroxylation is 3. The Hall–Kier alpha value is -2.09. The molecule has 2 rings (SSSR count). The molecular weight excluding hydrogens is 270 g/mol. The van der Waals surface area contributed by atoms with Gasteiger partial charge in [0.2, 0.25) is 5.91 Å². The third-order valence-electron chi connectivity index (χ3n) is 3.99. The summed E-state index contributed by atoms with van der Waals surface area (Å²) in [6.07, 6.45) is 2.41. The lowest BCUT2D eigenvalue weighted by molar-refractivity contribution is -0.121. The van der Waals surface area contributed by atoms with Crippen molar-refractivity contribution in [2.75, 3.05) is 0 Å². The zero-order valence-electron chi connectivity index (χ0n) is 13.7.